The van der Waals surface area contributed by atoms with Crippen LogP contribution in [0.5, 0.6) is 0 Å². The molecular weight excluding hydrogens is 224 g/mol. The number of aliphatic hydroxyl groups excluding tert-OH is 1. The maximum Gasteiger partial charge on any atom is 0.334 e. The van der Waals surface area contributed by atoms with Gasteiger partial charge in [-0.2, -0.15) is 0 Å². The van der Waals surface area contributed by atoms with E-state index in [-0.39, 0.29) is 18.6 Å². The number of rotatable bonds is 8. The van der Waals surface area contributed by atoms with Crippen molar-refractivity contribution in [1.82, 2.24) is 0 Å². The topological polar surface area (TPSA) is 83.8 Å². The molecule has 0 saturated heterocycles. The molecule has 0 heterocycles. The van der Waals surface area contributed by atoms with E-state index >= 15 is 0 Å². The van der Waals surface area contributed by atoms with Gasteiger partial charge in [0.15, 0.2) is 0 Å². The van der Waals surface area contributed by atoms with Gasteiger partial charge in [0.2, 0.25) is 0 Å². The van der Waals surface area contributed by atoms with E-state index in [4.69, 9.17) is 9.84 Å². The lowest BCUT2D eigenvalue weighted by atomic mass is 9.93. The zero-order valence-corrected chi connectivity index (χ0v) is 10.3. The summed E-state index contributed by atoms with van der Waals surface area (Å²) in [6.07, 6.45) is 0.698. The van der Waals surface area contributed by atoms with Gasteiger partial charge in [0.05, 0.1) is 12.7 Å². The van der Waals surface area contributed by atoms with Crippen LogP contribution in [0.1, 0.15) is 33.1 Å². The van der Waals surface area contributed by atoms with Crippen LogP contribution < -0.4 is 0 Å². The van der Waals surface area contributed by atoms with Gasteiger partial charge < -0.3 is 14.9 Å². The fraction of sp³-hybridized carbons (Fsp3) is 0.667. The summed E-state index contributed by atoms with van der Waals surface area (Å²) in [5.74, 6) is -3.32. The van der Waals surface area contributed by atoms with E-state index in [0.29, 0.717) is 6.42 Å². The third kappa shape index (κ3) is 4.99. The van der Waals surface area contributed by atoms with Crippen LogP contribution in [0.25, 0.3) is 0 Å². The van der Waals surface area contributed by atoms with Gasteiger partial charge in [-0.3, -0.25) is 4.79 Å². The lowest BCUT2D eigenvalue weighted by Gasteiger charge is -2.18. The van der Waals surface area contributed by atoms with Crippen LogP contribution in [0, 0.1) is 5.92 Å². The Bertz CT molecular complexity index is 285. The lowest BCUT2D eigenvalue weighted by Crippen LogP contribution is -2.32. The zero-order chi connectivity index (χ0) is 13.4. The summed E-state index contributed by atoms with van der Waals surface area (Å²) in [5, 5.41) is 18.5. The first-order chi connectivity index (χ1) is 7.95. The monoisotopic (exact) mass is 244 g/mol. The van der Waals surface area contributed by atoms with Gasteiger partial charge in [-0.15, -0.1) is 0 Å². The minimum absolute atomic E-state index is 0.206. The average molecular weight is 244 g/mol. The molecule has 0 aromatic carbocycles. The maximum absolute atomic E-state index is 11.5. The Kier molecular flexibility index (Phi) is 7.21. The number of carboxylic acids is 1. The smallest absolute Gasteiger partial charge is 0.334 e. The van der Waals surface area contributed by atoms with Crippen molar-refractivity contribution in [1.29, 1.82) is 0 Å². The Morgan fingerprint density at radius 1 is 1.35 bits per heavy atom. The predicted octanol–water partition coefficient (Wildman–Crippen LogP) is 1.36. The summed E-state index contributed by atoms with van der Waals surface area (Å²) in [4.78, 5) is 22.4. The van der Waals surface area contributed by atoms with Crippen molar-refractivity contribution in [2.45, 2.75) is 39.2 Å². The number of carbonyl (C=O) groups excluding carboxylic acids is 1. The van der Waals surface area contributed by atoms with Crippen molar-refractivity contribution >= 4 is 11.9 Å². The molecule has 2 N–H and O–H groups in total. The van der Waals surface area contributed by atoms with Crippen molar-refractivity contribution < 1.29 is 24.5 Å². The molecule has 98 valence electrons. The van der Waals surface area contributed by atoms with Crippen molar-refractivity contribution in [3.8, 4) is 0 Å². The summed E-state index contributed by atoms with van der Waals surface area (Å²) in [5.41, 5.74) is -0.206. The molecule has 0 aromatic heterocycles. The molecule has 0 rings (SSSR count). The quantitative estimate of drug-likeness (QED) is 0.382. The second-order valence-electron chi connectivity index (χ2n) is 3.81. The molecule has 0 bridgehead atoms. The highest BCUT2D eigenvalue weighted by molar-refractivity contribution is 5.94. The largest absolute Gasteiger partial charge is 0.481 e. The molecule has 0 saturated carbocycles. The number of esters is 1. The first kappa shape index (κ1) is 15.6. The Balaban J connectivity index is 4.51. The van der Waals surface area contributed by atoms with Crippen molar-refractivity contribution in [3.05, 3.63) is 12.2 Å². The minimum atomic E-state index is -1.30. The zero-order valence-electron chi connectivity index (χ0n) is 10.3. The fourth-order valence-electron chi connectivity index (χ4n) is 1.31. The van der Waals surface area contributed by atoms with Crippen LogP contribution in [-0.4, -0.2) is 34.9 Å². The molecule has 2 atom stereocenters. The molecule has 0 radical (unpaired) electrons. The number of hydrogen-bond donors (Lipinski definition) is 2. The second kappa shape index (κ2) is 7.84. The average Bonchev–Trinajstić information content (AvgIpc) is 2.28. The van der Waals surface area contributed by atoms with Crippen LogP contribution in [0.2, 0.25) is 0 Å². The van der Waals surface area contributed by atoms with Gasteiger partial charge in [-0.25, -0.2) is 4.79 Å². The molecule has 0 fully saturated rings. The number of aliphatic carboxylic acids is 1. The van der Waals surface area contributed by atoms with Gasteiger partial charge in [-0.1, -0.05) is 26.8 Å². The van der Waals surface area contributed by atoms with Gasteiger partial charge in [0.25, 0.3) is 0 Å². The SMILES string of the molecule is C=C(C(=O)OCCCC)C(C(=O)O)C(O)CC. The Morgan fingerprint density at radius 3 is 2.35 bits per heavy atom. The highest BCUT2D eigenvalue weighted by atomic mass is 16.5. The summed E-state index contributed by atoms with van der Waals surface area (Å²) < 4.78 is 4.86. The standard InChI is InChI=1S/C12H20O5/c1-4-6-7-17-12(16)8(3)10(11(14)15)9(13)5-2/h9-10,13H,3-7H2,1-2H3,(H,14,15). The molecule has 5 heteroatoms. The van der Waals surface area contributed by atoms with Crippen molar-refractivity contribution in [2.24, 2.45) is 5.92 Å². The van der Waals surface area contributed by atoms with Crippen molar-refractivity contribution in [3.63, 3.8) is 0 Å². The van der Waals surface area contributed by atoms with Gasteiger partial charge >= 0.3 is 11.9 Å². The Morgan fingerprint density at radius 2 is 1.94 bits per heavy atom. The van der Waals surface area contributed by atoms with E-state index in [1.807, 2.05) is 6.92 Å². The molecular formula is C12H20O5. The van der Waals surface area contributed by atoms with Crippen LogP contribution in [0.4, 0.5) is 0 Å². The normalized spacial score (nSPS) is 13.8. The molecule has 0 spiro atoms. The Hall–Kier alpha value is -1.36. The molecule has 2 unspecified atom stereocenters. The number of carboxylic acid groups (broad SMARTS) is 1. The van der Waals surface area contributed by atoms with Crippen LogP contribution in [0.3, 0.4) is 0 Å². The van der Waals surface area contributed by atoms with E-state index in [2.05, 4.69) is 6.58 Å². The van der Waals surface area contributed by atoms with E-state index in [0.717, 1.165) is 6.42 Å². The predicted molar refractivity (Wildman–Crippen MR) is 62.4 cm³/mol. The molecule has 0 aliphatic heterocycles. The van der Waals surface area contributed by atoms with E-state index < -0.39 is 24.0 Å². The highest BCUT2D eigenvalue weighted by Crippen LogP contribution is 2.18. The molecule has 0 aliphatic rings. The molecule has 0 amide bonds. The van der Waals surface area contributed by atoms with Gasteiger partial charge in [-0.05, 0) is 12.8 Å². The summed E-state index contributed by atoms with van der Waals surface area (Å²) in [6, 6.07) is 0. The highest BCUT2D eigenvalue weighted by Gasteiger charge is 2.32. The third-order valence-electron chi connectivity index (χ3n) is 2.44. The summed E-state index contributed by atoms with van der Waals surface area (Å²) >= 11 is 0. The second-order valence-corrected chi connectivity index (χ2v) is 3.81. The minimum Gasteiger partial charge on any atom is -0.481 e. The number of unbranched alkanes of at least 4 members (excludes halogenated alkanes) is 1. The first-order valence-corrected chi connectivity index (χ1v) is 5.72. The van der Waals surface area contributed by atoms with Crippen molar-refractivity contribution in [2.75, 3.05) is 6.61 Å². The first-order valence-electron chi connectivity index (χ1n) is 5.72. The lowest BCUT2D eigenvalue weighted by molar-refractivity contribution is -0.149. The third-order valence-corrected chi connectivity index (χ3v) is 2.44. The maximum atomic E-state index is 11.5. The molecule has 5 nitrogen and oxygen atoms in total. The number of carbonyl (C=O) groups is 2. The van der Waals surface area contributed by atoms with Crippen LogP contribution in [-0.2, 0) is 14.3 Å². The van der Waals surface area contributed by atoms with E-state index in [9.17, 15) is 14.7 Å². The molecule has 17 heavy (non-hydrogen) atoms. The van der Waals surface area contributed by atoms with Crippen LogP contribution in [0.15, 0.2) is 12.2 Å². The fourth-order valence-corrected chi connectivity index (χ4v) is 1.31. The Labute approximate surface area is 101 Å². The molecule has 0 aromatic rings. The number of hydrogen-bond acceptors (Lipinski definition) is 4. The number of ether oxygens (including phenoxy) is 1. The number of aliphatic hydroxyl groups is 1. The summed E-state index contributed by atoms with van der Waals surface area (Å²) in [6.45, 7) is 7.23. The van der Waals surface area contributed by atoms with E-state index in [1.54, 1.807) is 6.92 Å². The molecule has 0 aliphatic carbocycles. The summed E-state index contributed by atoms with van der Waals surface area (Å²) in [7, 11) is 0. The van der Waals surface area contributed by atoms with Gasteiger partial charge in [0.1, 0.15) is 5.92 Å². The van der Waals surface area contributed by atoms with Crippen LogP contribution >= 0.6 is 0 Å². The van der Waals surface area contributed by atoms with Gasteiger partial charge in [0, 0.05) is 5.57 Å². The van der Waals surface area contributed by atoms with E-state index in [1.165, 1.54) is 0 Å².